The van der Waals surface area contributed by atoms with Crippen molar-refractivity contribution in [3.8, 4) is 0 Å². The van der Waals surface area contributed by atoms with Gasteiger partial charge in [-0.3, -0.25) is 9.59 Å². The van der Waals surface area contributed by atoms with E-state index in [9.17, 15) is 9.59 Å². The third kappa shape index (κ3) is 3.77. The molecule has 1 aromatic carbocycles. The number of nitrogens with one attached hydrogen (secondary N) is 1. The summed E-state index contributed by atoms with van der Waals surface area (Å²) in [5.41, 5.74) is 1.87. The van der Waals surface area contributed by atoms with Crippen LogP contribution in [0.4, 0.5) is 5.69 Å². The molecule has 1 N–H and O–H groups in total. The Morgan fingerprint density at radius 3 is 2.57 bits per heavy atom. The van der Waals surface area contributed by atoms with Crippen LogP contribution in [0.1, 0.15) is 31.7 Å². The molecule has 1 saturated heterocycles. The van der Waals surface area contributed by atoms with Crippen LogP contribution in [0.2, 0.25) is 0 Å². The third-order valence-corrected chi connectivity index (χ3v) is 5.85. The largest absolute Gasteiger partial charge is 0.342 e. The number of rotatable bonds is 3. The van der Waals surface area contributed by atoms with E-state index in [1.807, 2.05) is 30.0 Å². The number of likely N-dealkylation sites (tertiary alicyclic amines) is 1. The van der Waals surface area contributed by atoms with E-state index in [2.05, 4.69) is 28.2 Å². The second kappa shape index (κ2) is 6.63. The van der Waals surface area contributed by atoms with Crippen LogP contribution < -0.4 is 5.32 Å². The van der Waals surface area contributed by atoms with Crippen molar-refractivity contribution in [2.45, 2.75) is 33.1 Å². The Hall–Kier alpha value is -1.36. The summed E-state index contributed by atoms with van der Waals surface area (Å²) in [5.74, 6) is 0.572. The lowest BCUT2D eigenvalue weighted by Crippen LogP contribution is -2.39. The standard InChI is InChI=1S/C18H23BrN2O2/c1-11-5-7-21(8-6-11)18(23)15-10-14(15)17(22)20-13-3-4-16(19)12(2)9-13/h3-4,9,11,14-15H,5-8,10H2,1-2H3,(H,20,22). The van der Waals surface area contributed by atoms with E-state index in [-0.39, 0.29) is 23.7 Å². The molecule has 2 atom stereocenters. The summed E-state index contributed by atoms with van der Waals surface area (Å²) in [6.07, 6.45) is 2.84. The molecule has 1 aliphatic heterocycles. The van der Waals surface area contributed by atoms with E-state index in [0.717, 1.165) is 41.7 Å². The fourth-order valence-corrected chi connectivity index (χ4v) is 3.43. The molecule has 0 bridgehead atoms. The summed E-state index contributed by atoms with van der Waals surface area (Å²) < 4.78 is 1.02. The normalized spacial score (nSPS) is 24.4. The Morgan fingerprint density at radius 1 is 1.22 bits per heavy atom. The highest BCUT2D eigenvalue weighted by atomic mass is 79.9. The van der Waals surface area contributed by atoms with Gasteiger partial charge in [0.2, 0.25) is 11.8 Å². The number of hydrogen-bond acceptors (Lipinski definition) is 2. The molecule has 23 heavy (non-hydrogen) atoms. The topological polar surface area (TPSA) is 49.4 Å². The molecule has 3 rings (SSSR count). The Kier molecular flexibility index (Phi) is 4.76. The lowest BCUT2D eigenvalue weighted by Gasteiger charge is -2.30. The first-order valence-electron chi connectivity index (χ1n) is 8.31. The summed E-state index contributed by atoms with van der Waals surface area (Å²) in [5, 5.41) is 2.94. The third-order valence-electron chi connectivity index (χ3n) is 4.97. The van der Waals surface area contributed by atoms with Crippen molar-refractivity contribution in [2.24, 2.45) is 17.8 Å². The molecule has 2 amide bonds. The van der Waals surface area contributed by atoms with Gasteiger partial charge in [0.1, 0.15) is 0 Å². The summed E-state index contributed by atoms with van der Waals surface area (Å²) in [6, 6.07) is 5.74. The van der Waals surface area contributed by atoms with E-state index in [1.165, 1.54) is 0 Å². The number of carbonyl (C=O) groups is 2. The molecule has 0 spiro atoms. The van der Waals surface area contributed by atoms with Crippen LogP contribution in [0.25, 0.3) is 0 Å². The highest BCUT2D eigenvalue weighted by molar-refractivity contribution is 9.10. The molecule has 1 saturated carbocycles. The zero-order chi connectivity index (χ0) is 16.6. The summed E-state index contributed by atoms with van der Waals surface area (Å²) in [6.45, 7) is 5.91. The van der Waals surface area contributed by atoms with Gasteiger partial charge in [0.05, 0.1) is 11.8 Å². The van der Waals surface area contributed by atoms with Crippen LogP contribution in [0.5, 0.6) is 0 Å². The zero-order valence-corrected chi connectivity index (χ0v) is 15.2. The van der Waals surface area contributed by atoms with Gasteiger partial charge in [-0.2, -0.15) is 0 Å². The number of benzene rings is 1. The summed E-state index contributed by atoms with van der Waals surface area (Å²) in [7, 11) is 0. The number of aryl methyl sites for hydroxylation is 1. The van der Waals surface area contributed by atoms with Crippen molar-refractivity contribution in [3.63, 3.8) is 0 Å². The van der Waals surface area contributed by atoms with Crippen molar-refractivity contribution >= 4 is 33.4 Å². The number of carbonyl (C=O) groups excluding carboxylic acids is 2. The van der Waals surface area contributed by atoms with Crippen LogP contribution in [-0.4, -0.2) is 29.8 Å². The molecule has 0 radical (unpaired) electrons. The van der Waals surface area contributed by atoms with Crippen molar-refractivity contribution in [1.82, 2.24) is 4.90 Å². The number of piperidine rings is 1. The molecular formula is C18H23BrN2O2. The first kappa shape index (κ1) is 16.5. The minimum Gasteiger partial charge on any atom is -0.342 e. The number of halogens is 1. The van der Waals surface area contributed by atoms with Gasteiger partial charge < -0.3 is 10.2 Å². The van der Waals surface area contributed by atoms with Gasteiger partial charge >= 0.3 is 0 Å². The second-order valence-electron chi connectivity index (χ2n) is 6.91. The van der Waals surface area contributed by atoms with Crippen LogP contribution in [0.15, 0.2) is 22.7 Å². The maximum Gasteiger partial charge on any atom is 0.228 e. The fraction of sp³-hybridized carbons (Fsp3) is 0.556. The maximum absolute atomic E-state index is 12.5. The van der Waals surface area contributed by atoms with Crippen molar-refractivity contribution < 1.29 is 9.59 Å². The van der Waals surface area contributed by atoms with E-state index in [0.29, 0.717) is 12.3 Å². The molecule has 0 aromatic heterocycles. The monoisotopic (exact) mass is 378 g/mol. The highest BCUT2D eigenvalue weighted by Crippen LogP contribution is 2.41. The molecule has 1 aliphatic carbocycles. The smallest absolute Gasteiger partial charge is 0.228 e. The fourth-order valence-electron chi connectivity index (χ4n) is 3.18. The molecule has 124 valence electrons. The molecule has 4 nitrogen and oxygen atoms in total. The van der Waals surface area contributed by atoms with E-state index >= 15 is 0 Å². The predicted molar refractivity (Wildman–Crippen MR) is 94.1 cm³/mol. The van der Waals surface area contributed by atoms with E-state index < -0.39 is 0 Å². The second-order valence-corrected chi connectivity index (χ2v) is 7.76. The predicted octanol–water partition coefficient (Wildman–Crippen LogP) is 3.59. The highest BCUT2D eigenvalue weighted by Gasteiger charge is 2.49. The van der Waals surface area contributed by atoms with Crippen molar-refractivity contribution in [3.05, 3.63) is 28.2 Å². The number of hydrogen-bond donors (Lipinski definition) is 1. The lowest BCUT2D eigenvalue weighted by atomic mass is 9.99. The van der Waals surface area contributed by atoms with E-state index in [4.69, 9.17) is 0 Å². The minimum atomic E-state index is -0.161. The first-order valence-corrected chi connectivity index (χ1v) is 9.11. The van der Waals surface area contributed by atoms with Gasteiger partial charge in [-0.1, -0.05) is 22.9 Å². The first-order chi connectivity index (χ1) is 11.0. The van der Waals surface area contributed by atoms with Crippen molar-refractivity contribution in [1.29, 1.82) is 0 Å². The molecule has 2 aliphatic rings. The molecule has 2 unspecified atom stereocenters. The van der Waals surface area contributed by atoms with Crippen LogP contribution in [0.3, 0.4) is 0 Å². The molecular weight excluding hydrogens is 356 g/mol. The lowest BCUT2D eigenvalue weighted by molar-refractivity contribution is -0.135. The zero-order valence-electron chi connectivity index (χ0n) is 13.6. The average Bonchev–Trinajstić information content (AvgIpc) is 3.32. The summed E-state index contributed by atoms with van der Waals surface area (Å²) in [4.78, 5) is 26.7. The minimum absolute atomic E-state index is 0.0320. The molecule has 5 heteroatoms. The Morgan fingerprint density at radius 2 is 1.91 bits per heavy atom. The van der Waals surface area contributed by atoms with Gasteiger partial charge in [0.25, 0.3) is 0 Å². The Labute approximate surface area is 145 Å². The van der Waals surface area contributed by atoms with Crippen LogP contribution >= 0.6 is 15.9 Å². The van der Waals surface area contributed by atoms with E-state index in [1.54, 1.807) is 0 Å². The van der Waals surface area contributed by atoms with Gasteiger partial charge in [-0.15, -0.1) is 0 Å². The summed E-state index contributed by atoms with van der Waals surface area (Å²) >= 11 is 3.45. The van der Waals surface area contributed by atoms with Gasteiger partial charge in [-0.25, -0.2) is 0 Å². The SMILES string of the molecule is Cc1cc(NC(=O)C2CC2C(=O)N2CCC(C)CC2)ccc1Br. The number of anilines is 1. The van der Waals surface area contributed by atoms with Gasteiger partial charge in [0.15, 0.2) is 0 Å². The Balaban J connectivity index is 1.54. The van der Waals surface area contributed by atoms with Gasteiger partial charge in [-0.05, 0) is 55.9 Å². The average molecular weight is 379 g/mol. The Bertz CT molecular complexity index is 623. The maximum atomic E-state index is 12.5. The number of nitrogens with zero attached hydrogens (tertiary/aromatic N) is 1. The quantitative estimate of drug-likeness (QED) is 0.873. The van der Waals surface area contributed by atoms with Crippen LogP contribution in [-0.2, 0) is 9.59 Å². The van der Waals surface area contributed by atoms with Crippen LogP contribution in [0, 0.1) is 24.7 Å². The number of amides is 2. The molecule has 1 aromatic rings. The molecule has 2 fully saturated rings. The van der Waals surface area contributed by atoms with Crippen molar-refractivity contribution in [2.75, 3.05) is 18.4 Å². The van der Waals surface area contributed by atoms with Gasteiger partial charge in [0, 0.05) is 23.2 Å². The molecule has 1 heterocycles.